The van der Waals surface area contributed by atoms with Crippen molar-refractivity contribution >= 4 is 17.5 Å². The van der Waals surface area contributed by atoms with Crippen LogP contribution in [0.3, 0.4) is 0 Å². The summed E-state index contributed by atoms with van der Waals surface area (Å²) in [5.74, 6) is 0.203. The number of hydrogen-bond donors (Lipinski definition) is 1. The second-order valence-electron chi connectivity index (χ2n) is 7.08. The quantitative estimate of drug-likeness (QED) is 0.934. The number of pyridine rings is 1. The summed E-state index contributed by atoms with van der Waals surface area (Å²) in [6, 6.07) is 13.5. The molecular weight excluding hydrogens is 314 g/mol. The van der Waals surface area contributed by atoms with Crippen LogP contribution in [0.5, 0.6) is 0 Å². The van der Waals surface area contributed by atoms with E-state index in [1.165, 1.54) is 0 Å². The first kappa shape index (κ1) is 15.8. The molecule has 2 unspecified atom stereocenters. The van der Waals surface area contributed by atoms with Gasteiger partial charge in [0.15, 0.2) is 0 Å². The molecule has 1 aromatic carbocycles. The van der Waals surface area contributed by atoms with Crippen LogP contribution in [0.15, 0.2) is 54.9 Å². The maximum Gasteiger partial charge on any atom is 0.228 e. The Labute approximate surface area is 147 Å². The normalized spacial score (nSPS) is 24.3. The number of aromatic nitrogens is 1. The summed E-state index contributed by atoms with van der Waals surface area (Å²) >= 11 is 0. The van der Waals surface area contributed by atoms with Crippen molar-refractivity contribution in [2.24, 2.45) is 11.3 Å². The Morgan fingerprint density at radius 1 is 1.20 bits per heavy atom. The van der Waals surface area contributed by atoms with Gasteiger partial charge in [0.05, 0.1) is 18.3 Å². The second kappa shape index (κ2) is 6.31. The first-order valence-corrected chi connectivity index (χ1v) is 8.69. The SMILES string of the molecule is O=C(Nc1cccnc1)C1CC12CCN(C(=O)Cc1ccccc1)C2. The van der Waals surface area contributed by atoms with Gasteiger partial charge >= 0.3 is 0 Å². The van der Waals surface area contributed by atoms with Crippen LogP contribution in [0.4, 0.5) is 5.69 Å². The fourth-order valence-corrected chi connectivity index (χ4v) is 3.83. The summed E-state index contributed by atoms with van der Waals surface area (Å²) < 4.78 is 0. The molecule has 0 bridgehead atoms. The van der Waals surface area contributed by atoms with Gasteiger partial charge in [0, 0.05) is 30.6 Å². The van der Waals surface area contributed by atoms with E-state index in [4.69, 9.17) is 0 Å². The number of benzene rings is 1. The fourth-order valence-electron chi connectivity index (χ4n) is 3.83. The van der Waals surface area contributed by atoms with Crippen molar-refractivity contribution in [3.63, 3.8) is 0 Å². The van der Waals surface area contributed by atoms with Crippen molar-refractivity contribution in [3.05, 3.63) is 60.4 Å². The Morgan fingerprint density at radius 3 is 2.80 bits per heavy atom. The van der Waals surface area contributed by atoms with Crippen LogP contribution in [0.1, 0.15) is 18.4 Å². The lowest BCUT2D eigenvalue weighted by atomic mass is 10.0. The van der Waals surface area contributed by atoms with E-state index in [9.17, 15) is 9.59 Å². The van der Waals surface area contributed by atoms with Gasteiger partial charge in [-0.05, 0) is 30.5 Å². The molecule has 5 heteroatoms. The minimum atomic E-state index is -0.0152. The number of hydrogen-bond acceptors (Lipinski definition) is 3. The largest absolute Gasteiger partial charge is 0.342 e. The smallest absolute Gasteiger partial charge is 0.228 e. The molecule has 1 saturated carbocycles. The van der Waals surface area contributed by atoms with Gasteiger partial charge in [-0.15, -0.1) is 0 Å². The van der Waals surface area contributed by atoms with Crippen LogP contribution >= 0.6 is 0 Å². The van der Waals surface area contributed by atoms with Gasteiger partial charge < -0.3 is 10.2 Å². The van der Waals surface area contributed by atoms with E-state index in [-0.39, 0.29) is 23.1 Å². The van der Waals surface area contributed by atoms with Crippen molar-refractivity contribution in [3.8, 4) is 0 Å². The monoisotopic (exact) mass is 335 g/mol. The summed E-state index contributed by atoms with van der Waals surface area (Å²) in [6.45, 7) is 1.45. The molecule has 1 N–H and O–H groups in total. The summed E-state index contributed by atoms with van der Waals surface area (Å²) in [7, 11) is 0. The summed E-state index contributed by atoms with van der Waals surface area (Å²) in [5, 5.41) is 2.93. The van der Waals surface area contributed by atoms with Gasteiger partial charge in [-0.1, -0.05) is 30.3 Å². The number of carbonyl (C=O) groups excluding carboxylic acids is 2. The zero-order valence-corrected chi connectivity index (χ0v) is 14.0. The highest BCUT2D eigenvalue weighted by atomic mass is 16.2. The first-order chi connectivity index (χ1) is 12.2. The number of nitrogens with zero attached hydrogens (tertiary/aromatic N) is 2. The van der Waals surface area contributed by atoms with Crippen LogP contribution in [0.2, 0.25) is 0 Å². The Balaban J connectivity index is 1.33. The molecule has 1 aliphatic carbocycles. The Kier molecular flexibility index (Phi) is 3.99. The average Bonchev–Trinajstić information content (AvgIpc) is 3.17. The molecule has 0 radical (unpaired) electrons. The third-order valence-electron chi connectivity index (χ3n) is 5.37. The predicted octanol–water partition coefficient (Wildman–Crippen LogP) is 2.50. The van der Waals surface area contributed by atoms with E-state index in [0.717, 1.165) is 30.6 Å². The zero-order chi connectivity index (χ0) is 17.3. The van der Waals surface area contributed by atoms with Crippen molar-refractivity contribution < 1.29 is 9.59 Å². The van der Waals surface area contributed by atoms with E-state index < -0.39 is 0 Å². The molecule has 2 heterocycles. The van der Waals surface area contributed by atoms with Gasteiger partial charge in [-0.3, -0.25) is 14.6 Å². The maximum absolute atomic E-state index is 12.5. The highest BCUT2D eigenvalue weighted by Crippen LogP contribution is 2.58. The molecule has 4 rings (SSSR count). The van der Waals surface area contributed by atoms with E-state index >= 15 is 0 Å². The predicted molar refractivity (Wildman–Crippen MR) is 94.7 cm³/mol. The zero-order valence-electron chi connectivity index (χ0n) is 14.0. The third-order valence-corrected chi connectivity index (χ3v) is 5.37. The molecule has 2 aliphatic rings. The number of amides is 2. The molecular formula is C20H21N3O2. The van der Waals surface area contributed by atoms with Gasteiger partial charge in [-0.25, -0.2) is 0 Å². The van der Waals surface area contributed by atoms with E-state index in [0.29, 0.717) is 13.0 Å². The van der Waals surface area contributed by atoms with Crippen LogP contribution in [0.25, 0.3) is 0 Å². The molecule has 1 aliphatic heterocycles. The minimum Gasteiger partial charge on any atom is -0.342 e. The number of carbonyl (C=O) groups is 2. The second-order valence-corrected chi connectivity index (χ2v) is 7.08. The lowest BCUT2D eigenvalue weighted by Crippen LogP contribution is -2.31. The molecule has 2 aromatic rings. The summed E-state index contributed by atoms with van der Waals surface area (Å²) in [5.41, 5.74) is 1.75. The number of likely N-dealkylation sites (tertiary alicyclic amines) is 1. The average molecular weight is 335 g/mol. The van der Waals surface area contributed by atoms with Gasteiger partial charge in [-0.2, -0.15) is 0 Å². The van der Waals surface area contributed by atoms with E-state index in [1.807, 2.05) is 41.3 Å². The standard InChI is InChI=1S/C20H21N3O2/c24-18(11-15-5-2-1-3-6-15)23-10-8-20(14-23)12-17(20)19(25)22-16-7-4-9-21-13-16/h1-7,9,13,17H,8,10-12,14H2,(H,22,25). The molecule has 1 spiro atoms. The van der Waals surface area contributed by atoms with Crippen molar-refractivity contribution in [1.82, 2.24) is 9.88 Å². The van der Waals surface area contributed by atoms with Crippen LogP contribution in [-0.2, 0) is 16.0 Å². The number of nitrogens with one attached hydrogen (secondary N) is 1. The third kappa shape index (κ3) is 3.27. The van der Waals surface area contributed by atoms with Gasteiger partial charge in [0.1, 0.15) is 0 Å². The lowest BCUT2D eigenvalue weighted by Gasteiger charge is -2.17. The summed E-state index contributed by atoms with van der Waals surface area (Å²) in [4.78, 5) is 30.9. The first-order valence-electron chi connectivity index (χ1n) is 8.69. The van der Waals surface area contributed by atoms with Crippen LogP contribution < -0.4 is 5.32 Å². The number of anilines is 1. The fraction of sp³-hybridized carbons (Fsp3) is 0.350. The summed E-state index contributed by atoms with van der Waals surface area (Å²) in [6.07, 6.45) is 5.55. The highest BCUT2D eigenvalue weighted by molar-refractivity contribution is 5.95. The van der Waals surface area contributed by atoms with Gasteiger partial charge in [0.2, 0.25) is 11.8 Å². The lowest BCUT2D eigenvalue weighted by molar-refractivity contribution is -0.129. The molecule has 1 aromatic heterocycles. The maximum atomic E-state index is 12.5. The van der Waals surface area contributed by atoms with Crippen molar-refractivity contribution in [2.75, 3.05) is 18.4 Å². The topological polar surface area (TPSA) is 62.3 Å². The molecule has 5 nitrogen and oxygen atoms in total. The Morgan fingerprint density at radius 2 is 2.04 bits per heavy atom. The van der Waals surface area contributed by atoms with Crippen molar-refractivity contribution in [1.29, 1.82) is 0 Å². The minimum absolute atomic E-state index is 0.00207. The molecule has 128 valence electrons. The highest BCUT2D eigenvalue weighted by Gasteiger charge is 2.61. The molecule has 2 atom stereocenters. The van der Waals surface area contributed by atoms with Crippen molar-refractivity contribution in [2.45, 2.75) is 19.3 Å². The molecule has 1 saturated heterocycles. The Bertz CT molecular complexity index is 725. The van der Waals surface area contributed by atoms with Gasteiger partial charge in [0.25, 0.3) is 0 Å². The van der Waals surface area contributed by atoms with E-state index in [1.54, 1.807) is 18.5 Å². The molecule has 25 heavy (non-hydrogen) atoms. The number of rotatable bonds is 4. The molecule has 2 fully saturated rings. The molecule has 2 amide bonds. The Hall–Kier alpha value is -2.69. The van der Waals surface area contributed by atoms with Crippen LogP contribution in [0, 0.1) is 11.3 Å². The van der Waals surface area contributed by atoms with E-state index in [2.05, 4.69) is 10.3 Å². The van der Waals surface area contributed by atoms with Crippen LogP contribution in [-0.4, -0.2) is 34.8 Å².